The van der Waals surface area contributed by atoms with Crippen LogP contribution in [0, 0.1) is 11.3 Å². The molecule has 0 bridgehead atoms. The van der Waals surface area contributed by atoms with Crippen molar-refractivity contribution < 1.29 is 9.47 Å². The first-order chi connectivity index (χ1) is 16.2. The van der Waals surface area contributed by atoms with Crippen LogP contribution in [0.15, 0.2) is 64.5 Å². The Morgan fingerprint density at radius 2 is 2.03 bits per heavy atom. The van der Waals surface area contributed by atoms with Gasteiger partial charge in [0.25, 0.3) is 5.56 Å². The minimum atomic E-state index is -0.528. The number of nitrogens with one attached hydrogen (secondary N) is 2. The number of nitriles is 1. The summed E-state index contributed by atoms with van der Waals surface area (Å²) >= 11 is 0. The number of aromatic amines is 1. The number of rotatable bonds is 8. The molecular weight excluding hydrogens is 420 g/mol. The van der Waals surface area contributed by atoms with E-state index in [-0.39, 0.29) is 11.5 Å². The fraction of sp³-hybridized carbons (Fsp3) is 0.250. The first-order valence-electron chi connectivity index (χ1n) is 10.6. The van der Waals surface area contributed by atoms with Gasteiger partial charge < -0.3 is 9.47 Å². The third kappa shape index (κ3) is 6.04. The van der Waals surface area contributed by atoms with Crippen molar-refractivity contribution in [3.05, 3.63) is 76.1 Å². The maximum Gasteiger partial charge on any atom is 0.270 e. The highest BCUT2D eigenvalue weighted by atomic mass is 16.5. The van der Waals surface area contributed by atoms with Gasteiger partial charge in [-0.1, -0.05) is 42.5 Å². The van der Waals surface area contributed by atoms with E-state index >= 15 is 0 Å². The molecule has 1 aliphatic rings. The van der Waals surface area contributed by atoms with E-state index in [1.165, 1.54) is 0 Å². The monoisotopic (exact) mass is 444 g/mol. The van der Waals surface area contributed by atoms with Gasteiger partial charge in [0, 0.05) is 25.2 Å². The third-order valence-corrected chi connectivity index (χ3v) is 5.10. The summed E-state index contributed by atoms with van der Waals surface area (Å²) in [7, 11) is 0. The van der Waals surface area contributed by atoms with Gasteiger partial charge in [-0.2, -0.15) is 10.4 Å². The third-order valence-electron chi connectivity index (χ3n) is 5.10. The van der Waals surface area contributed by atoms with Gasteiger partial charge in [-0.15, -0.1) is 0 Å². The van der Waals surface area contributed by atoms with Gasteiger partial charge in [-0.05, 0) is 17.7 Å². The number of hydrogen-bond acceptors (Lipinski definition) is 8. The molecule has 4 rings (SSSR count). The molecule has 1 saturated heterocycles. The summed E-state index contributed by atoms with van der Waals surface area (Å²) in [5.41, 5.74) is 3.96. The molecule has 0 aliphatic carbocycles. The molecule has 9 nitrogen and oxygen atoms in total. The minimum Gasteiger partial charge on any atom is -0.492 e. The highest BCUT2D eigenvalue weighted by Crippen LogP contribution is 2.19. The Bertz CT molecular complexity index is 1200. The Labute approximate surface area is 191 Å². The summed E-state index contributed by atoms with van der Waals surface area (Å²) in [6.45, 7) is 4.84. The number of hydrazone groups is 1. The van der Waals surface area contributed by atoms with E-state index in [2.05, 4.69) is 25.4 Å². The van der Waals surface area contributed by atoms with Crippen molar-refractivity contribution in [3.8, 4) is 23.1 Å². The molecule has 0 spiro atoms. The maximum absolute atomic E-state index is 12.3. The number of anilines is 1. The lowest BCUT2D eigenvalue weighted by atomic mass is 10.1. The van der Waals surface area contributed by atoms with E-state index in [1.54, 1.807) is 18.3 Å². The quantitative estimate of drug-likeness (QED) is 0.405. The summed E-state index contributed by atoms with van der Waals surface area (Å²) in [6, 6.07) is 18.6. The zero-order chi connectivity index (χ0) is 22.9. The van der Waals surface area contributed by atoms with Crippen LogP contribution in [0.4, 0.5) is 5.95 Å². The second kappa shape index (κ2) is 11.0. The van der Waals surface area contributed by atoms with Crippen LogP contribution in [-0.4, -0.2) is 60.5 Å². The van der Waals surface area contributed by atoms with Crippen LogP contribution in [0.2, 0.25) is 0 Å². The molecule has 2 aromatic carbocycles. The fourth-order valence-electron chi connectivity index (χ4n) is 3.40. The van der Waals surface area contributed by atoms with Crippen LogP contribution in [0.3, 0.4) is 0 Å². The van der Waals surface area contributed by atoms with Crippen LogP contribution >= 0.6 is 0 Å². The van der Waals surface area contributed by atoms with Crippen LogP contribution in [0.25, 0.3) is 11.3 Å². The van der Waals surface area contributed by atoms with E-state index in [9.17, 15) is 10.1 Å². The van der Waals surface area contributed by atoms with Crippen molar-refractivity contribution in [2.75, 3.05) is 44.9 Å². The Hall–Kier alpha value is -4.00. The molecule has 0 saturated carbocycles. The second-order valence-corrected chi connectivity index (χ2v) is 7.36. The van der Waals surface area contributed by atoms with Gasteiger partial charge >= 0.3 is 0 Å². The van der Waals surface area contributed by atoms with Gasteiger partial charge in [0.2, 0.25) is 5.95 Å². The molecule has 1 aromatic heterocycles. The Balaban J connectivity index is 1.40. The van der Waals surface area contributed by atoms with Crippen LogP contribution < -0.4 is 15.7 Å². The minimum absolute atomic E-state index is 0.0438. The second-order valence-electron chi connectivity index (χ2n) is 7.36. The molecule has 0 unspecified atom stereocenters. The molecule has 1 fully saturated rings. The summed E-state index contributed by atoms with van der Waals surface area (Å²) in [6.07, 6.45) is 1.61. The number of H-pyrrole nitrogens is 1. The summed E-state index contributed by atoms with van der Waals surface area (Å²) in [4.78, 5) is 21.5. The number of benzene rings is 2. The summed E-state index contributed by atoms with van der Waals surface area (Å²) in [5.74, 6) is 0.899. The van der Waals surface area contributed by atoms with Crippen LogP contribution in [0.5, 0.6) is 5.75 Å². The number of ether oxygens (including phenoxy) is 2. The molecular formula is C24H24N6O3. The number of aromatic nitrogens is 2. The van der Waals surface area contributed by atoms with Gasteiger partial charge in [0.15, 0.2) is 0 Å². The number of morpholine rings is 1. The maximum atomic E-state index is 12.3. The highest BCUT2D eigenvalue weighted by Gasteiger charge is 2.13. The topological polar surface area (TPSA) is 116 Å². The van der Waals surface area contributed by atoms with E-state index < -0.39 is 5.56 Å². The molecule has 3 aromatic rings. The predicted molar refractivity (Wildman–Crippen MR) is 125 cm³/mol. The highest BCUT2D eigenvalue weighted by molar-refractivity contribution is 5.80. The smallest absolute Gasteiger partial charge is 0.270 e. The van der Waals surface area contributed by atoms with Crippen LogP contribution in [0.1, 0.15) is 11.1 Å². The normalized spacial score (nSPS) is 14.2. The van der Waals surface area contributed by atoms with Gasteiger partial charge in [-0.25, -0.2) is 10.4 Å². The standard InChI is InChI=1S/C24H24N6O3/c25-16-21-22(19-6-2-1-3-7-19)27-24(28-23(21)31)29-26-17-18-5-4-8-20(15-18)33-14-11-30-9-12-32-13-10-30/h1-8,15,17H,9-14H2,(H2,27,28,29,31). The molecule has 1 aliphatic heterocycles. The first kappa shape index (κ1) is 22.2. The number of nitrogens with zero attached hydrogens (tertiary/aromatic N) is 4. The lowest BCUT2D eigenvalue weighted by Gasteiger charge is -2.26. The largest absolute Gasteiger partial charge is 0.492 e. The van der Waals surface area contributed by atoms with Gasteiger partial charge in [-0.3, -0.25) is 14.7 Å². The Morgan fingerprint density at radius 1 is 1.21 bits per heavy atom. The molecule has 0 amide bonds. The van der Waals surface area contributed by atoms with E-state index in [4.69, 9.17) is 9.47 Å². The lowest BCUT2D eigenvalue weighted by molar-refractivity contribution is 0.0322. The van der Waals surface area contributed by atoms with E-state index in [0.717, 1.165) is 44.2 Å². The average Bonchev–Trinajstić information content (AvgIpc) is 2.85. The van der Waals surface area contributed by atoms with Crippen molar-refractivity contribution in [2.24, 2.45) is 5.10 Å². The van der Waals surface area contributed by atoms with Crippen molar-refractivity contribution >= 4 is 12.2 Å². The summed E-state index contributed by atoms with van der Waals surface area (Å²) in [5, 5.41) is 13.5. The Morgan fingerprint density at radius 3 is 2.82 bits per heavy atom. The molecule has 9 heteroatoms. The number of hydrogen-bond donors (Lipinski definition) is 2. The SMILES string of the molecule is N#Cc1c(-c2ccccc2)nc(NN=Cc2cccc(OCCN3CCOCC3)c2)[nH]c1=O. The van der Waals surface area contributed by atoms with Gasteiger partial charge in [0.05, 0.1) is 25.1 Å². The molecule has 168 valence electrons. The van der Waals surface area contributed by atoms with E-state index in [0.29, 0.717) is 17.9 Å². The van der Waals surface area contributed by atoms with Crippen molar-refractivity contribution in [2.45, 2.75) is 0 Å². The lowest BCUT2D eigenvalue weighted by Crippen LogP contribution is -2.38. The van der Waals surface area contributed by atoms with Crippen molar-refractivity contribution in [3.63, 3.8) is 0 Å². The molecule has 0 radical (unpaired) electrons. The predicted octanol–water partition coefficient (Wildman–Crippen LogP) is 2.47. The fourth-order valence-corrected chi connectivity index (χ4v) is 3.40. The zero-order valence-corrected chi connectivity index (χ0v) is 18.0. The Kier molecular flexibility index (Phi) is 7.43. The van der Waals surface area contributed by atoms with Crippen molar-refractivity contribution in [1.29, 1.82) is 5.26 Å². The molecule has 2 N–H and O–H groups in total. The summed E-state index contributed by atoms with van der Waals surface area (Å²) < 4.78 is 11.2. The first-order valence-corrected chi connectivity index (χ1v) is 10.6. The molecule has 2 heterocycles. The van der Waals surface area contributed by atoms with Crippen molar-refractivity contribution in [1.82, 2.24) is 14.9 Å². The molecule has 0 atom stereocenters. The van der Waals surface area contributed by atoms with Crippen LogP contribution in [-0.2, 0) is 4.74 Å². The van der Waals surface area contributed by atoms with Gasteiger partial charge in [0.1, 0.15) is 24.0 Å². The average molecular weight is 444 g/mol. The zero-order valence-electron chi connectivity index (χ0n) is 18.0. The van der Waals surface area contributed by atoms with E-state index in [1.807, 2.05) is 48.5 Å². The molecule has 33 heavy (non-hydrogen) atoms.